The van der Waals surface area contributed by atoms with Crippen molar-refractivity contribution in [1.29, 1.82) is 0 Å². The summed E-state index contributed by atoms with van der Waals surface area (Å²) < 4.78 is 47.7. The summed E-state index contributed by atoms with van der Waals surface area (Å²) in [5, 5.41) is 44.8. The highest BCUT2D eigenvalue weighted by Gasteiger charge is 2.48. The van der Waals surface area contributed by atoms with Crippen molar-refractivity contribution in [2.24, 2.45) is 0 Å². The van der Waals surface area contributed by atoms with Crippen LogP contribution in [0.3, 0.4) is 0 Å². The van der Waals surface area contributed by atoms with E-state index in [1.165, 1.54) is 135 Å². The summed E-state index contributed by atoms with van der Waals surface area (Å²) in [6.07, 6.45) is 40.3. The van der Waals surface area contributed by atoms with Gasteiger partial charge in [0.2, 0.25) is 5.91 Å². The fourth-order valence-electron chi connectivity index (χ4n) is 7.96. The summed E-state index contributed by atoms with van der Waals surface area (Å²) in [5.74, 6) is -0.270. The molecular weight excluding hydrogens is 823 g/mol. The van der Waals surface area contributed by atoms with Gasteiger partial charge in [-0.3, -0.25) is 9.35 Å². The molecule has 1 saturated heterocycles. The maximum Gasteiger partial charge on any atom is 0.397 e. The van der Waals surface area contributed by atoms with Gasteiger partial charge in [0.15, 0.2) is 6.29 Å². The zero-order valence-corrected chi connectivity index (χ0v) is 40.5. The fourth-order valence-corrected chi connectivity index (χ4v) is 8.46. The van der Waals surface area contributed by atoms with Crippen molar-refractivity contribution in [3.05, 3.63) is 36.5 Å². The number of aliphatic hydroxyl groups excluding tert-OH is 4. The number of ether oxygens (including phenoxy) is 2. The topological polar surface area (TPSA) is 192 Å². The van der Waals surface area contributed by atoms with Crippen LogP contribution in [0.15, 0.2) is 36.5 Å². The van der Waals surface area contributed by atoms with Gasteiger partial charge < -0.3 is 35.2 Å². The molecule has 7 unspecified atom stereocenters. The summed E-state index contributed by atoms with van der Waals surface area (Å²) in [4.78, 5) is 13.1. The van der Waals surface area contributed by atoms with Gasteiger partial charge in [0.1, 0.15) is 24.4 Å². The molecule has 0 aromatic heterocycles. The van der Waals surface area contributed by atoms with Gasteiger partial charge in [0, 0.05) is 6.42 Å². The first kappa shape index (κ1) is 59.3. The SMILES string of the molecule is CCCCC/C=C\C/C=C\CCCCCCCCCC(=O)NC(COC1OC(CO)C(O)C(OS(=O)(=O)O)C1O)C(O)/C=C/CCCCCCCCCCCCCCCCCCC. The smallest absolute Gasteiger partial charge is 0.394 e. The molecule has 1 heterocycles. The fraction of sp³-hybridized carbons (Fsp3) is 0.860. The van der Waals surface area contributed by atoms with Crippen molar-refractivity contribution in [2.75, 3.05) is 13.2 Å². The number of carbonyl (C=O) groups is 1. The van der Waals surface area contributed by atoms with E-state index in [4.69, 9.17) is 9.47 Å². The summed E-state index contributed by atoms with van der Waals surface area (Å²) in [6, 6.07) is -0.948. The van der Waals surface area contributed by atoms with Crippen LogP contribution >= 0.6 is 0 Å². The predicted octanol–water partition coefficient (Wildman–Crippen LogP) is 10.7. The Morgan fingerprint density at radius 2 is 1.06 bits per heavy atom. The van der Waals surface area contributed by atoms with Crippen LogP contribution in [-0.4, -0.2) is 95.4 Å². The Labute approximate surface area is 384 Å². The summed E-state index contributed by atoms with van der Waals surface area (Å²) >= 11 is 0. The summed E-state index contributed by atoms with van der Waals surface area (Å²) in [5.41, 5.74) is 0. The van der Waals surface area contributed by atoms with Crippen molar-refractivity contribution in [3.8, 4) is 0 Å². The van der Waals surface area contributed by atoms with Crippen LogP contribution in [-0.2, 0) is 28.9 Å². The molecule has 0 aromatic rings. The molecule has 370 valence electrons. The van der Waals surface area contributed by atoms with Gasteiger partial charge in [-0.2, -0.15) is 8.42 Å². The Balaban J connectivity index is 2.48. The Morgan fingerprint density at radius 1 is 0.635 bits per heavy atom. The van der Waals surface area contributed by atoms with Crippen LogP contribution < -0.4 is 5.32 Å². The Kier molecular flexibility index (Phi) is 38.2. The third kappa shape index (κ3) is 33.4. The quantitative estimate of drug-likeness (QED) is 0.0194. The third-order valence-corrected chi connectivity index (χ3v) is 12.4. The maximum atomic E-state index is 13.1. The van der Waals surface area contributed by atoms with E-state index >= 15 is 0 Å². The van der Waals surface area contributed by atoms with Crippen LogP contribution in [0.5, 0.6) is 0 Å². The van der Waals surface area contributed by atoms with E-state index in [1.807, 2.05) is 6.08 Å². The highest BCUT2D eigenvalue weighted by molar-refractivity contribution is 7.80. The minimum Gasteiger partial charge on any atom is -0.394 e. The number of nitrogens with one attached hydrogen (secondary N) is 1. The van der Waals surface area contributed by atoms with Crippen molar-refractivity contribution < 1.29 is 51.8 Å². The molecule has 0 spiro atoms. The minimum atomic E-state index is -5.09. The van der Waals surface area contributed by atoms with E-state index in [9.17, 15) is 38.2 Å². The molecule has 1 fully saturated rings. The molecule has 13 heteroatoms. The van der Waals surface area contributed by atoms with Crippen LogP contribution in [0.2, 0.25) is 0 Å². The van der Waals surface area contributed by atoms with Gasteiger partial charge in [0.25, 0.3) is 0 Å². The van der Waals surface area contributed by atoms with Crippen LogP contribution in [0.4, 0.5) is 0 Å². The Bertz CT molecular complexity index is 1260. The monoisotopic (exact) mass is 916 g/mol. The lowest BCUT2D eigenvalue weighted by molar-refractivity contribution is -0.298. The van der Waals surface area contributed by atoms with E-state index in [2.05, 4.69) is 47.7 Å². The third-order valence-electron chi connectivity index (χ3n) is 11.9. The van der Waals surface area contributed by atoms with E-state index in [0.717, 1.165) is 57.8 Å². The number of carbonyl (C=O) groups excluding carboxylic acids is 1. The molecule has 12 nitrogen and oxygen atoms in total. The molecule has 0 saturated carbocycles. The molecule has 7 atom stereocenters. The number of allylic oxidation sites excluding steroid dienone is 5. The summed E-state index contributed by atoms with van der Waals surface area (Å²) in [7, 11) is -5.09. The standard InChI is InChI=1S/C50H93NO11S/c1-3-5-7-9-11-13-15-17-19-21-22-24-25-27-29-31-33-35-37-39-44(53)43(42-60-50-48(56)49(62-63(57,58)59)47(55)45(41-52)61-50)51-46(54)40-38-36-34-32-30-28-26-23-20-18-16-14-12-10-8-6-4-2/h12,14,18,20,37,39,43-45,47-50,52-53,55-56H,3-11,13,15-17,19,21-36,38,40-42H2,1-2H3,(H,51,54)(H,57,58,59)/b14-12-,20-18-,39-37+. The number of hydrogen-bond donors (Lipinski definition) is 6. The van der Waals surface area contributed by atoms with Gasteiger partial charge in [-0.1, -0.05) is 198 Å². The predicted molar refractivity (Wildman–Crippen MR) is 255 cm³/mol. The highest BCUT2D eigenvalue weighted by Crippen LogP contribution is 2.26. The number of aliphatic hydroxyl groups is 4. The molecule has 1 aliphatic heterocycles. The minimum absolute atomic E-state index is 0.260. The van der Waals surface area contributed by atoms with Gasteiger partial charge >= 0.3 is 10.4 Å². The van der Waals surface area contributed by atoms with Gasteiger partial charge in [-0.15, -0.1) is 0 Å². The zero-order chi connectivity index (χ0) is 46.2. The first-order valence-corrected chi connectivity index (χ1v) is 26.7. The van der Waals surface area contributed by atoms with E-state index in [0.29, 0.717) is 6.42 Å². The molecule has 6 N–H and O–H groups in total. The van der Waals surface area contributed by atoms with E-state index in [1.54, 1.807) is 6.08 Å². The average molecular weight is 916 g/mol. The molecule has 0 bridgehead atoms. The average Bonchev–Trinajstić information content (AvgIpc) is 3.25. The molecular formula is C50H93NO11S. The maximum absolute atomic E-state index is 13.1. The first-order chi connectivity index (χ1) is 30.5. The van der Waals surface area contributed by atoms with E-state index in [-0.39, 0.29) is 18.9 Å². The summed E-state index contributed by atoms with van der Waals surface area (Å²) in [6.45, 7) is 3.37. The number of hydrogen-bond acceptors (Lipinski definition) is 10. The van der Waals surface area contributed by atoms with Crippen LogP contribution in [0.1, 0.15) is 219 Å². The van der Waals surface area contributed by atoms with Crippen molar-refractivity contribution in [3.63, 3.8) is 0 Å². The second kappa shape index (κ2) is 40.6. The first-order valence-electron chi connectivity index (χ1n) is 25.4. The second-order valence-electron chi connectivity index (χ2n) is 17.8. The van der Waals surface area contributed by atoms with Gasteiger partial charge in [0.05, 0.1) is 25.4 Å². The number of unbranched alkanes of at least 4 members (excludes halogenated alkanes) is 27. The van der Waals surface area contributed by atoms with Crippen molar-refractivity contribution >= 4 is 16.3 Å². The second-order valence-corrected chi connectivity index (χ2v) is 18.8. The number of rotatable bonds is 43. The molecule has 1 rings (SSSR count). The van der Waals surface area contributed by atoms with Crippen molar-refractivity contribution in [2.45, 2.75) is 262 Å². The largest absolute Gasteiger partial charge is 0.397 e. The van der Waals surface area contributed by atoms with Crippen LogP contribution in [0, 0.1) is 0 Å². The van der Waals surface area contributed by atoms with Gasteiger partial charge in [-0.05, 0) is 51.4 Å². The normalized spacial score (nSPS) is 20.7. The van der Waals surface area contributed by atoms with E-state index < -0.39 is 59.9 Å². The molecule has 1 amide bonds. The molecule has 0 aliphatic carbocycles. The van der Waals surface area contributed by atoms with Gasteiger partial charge in [-0.25, -0.2) is 4.18 Å². The molecule has 0 aromatic carbocycles. The molecule has 63 heavy (non-hydrogen) atoms. The highest BCUT2D eigenvalue weighted by atomic mass is 32.3. The Hall–Kier alpha value is -1.68. The Morgan fingerprint density at radius 3 is 1.54 bits per heavy atom. The van der Waals surface area contributed by atoms with Crippen molar-refractivity contribution in [1.82, 2.24) is 5.32 Å². The lowest BCUT2D eigenvalue weighted by Crippen LogP contribution is -2.61. The van der Waals surface area contributed by atoms with Crippen LogP contribution in [0.25, 0.3) is 0 Å². The molecule has 0 radical (unpaired) electrons. The zero-order valence-electron chi connectivity index (χ0n) is 39.6. The molecule has 1 aliphatic rings. The number of amides is 1. The lowest BCUT2D eigenvalue weighted by atomic mass is 9.99. The lowest BCUT2D eigenvalue weighted by Gasteiger charge is -2.41.